The van der Waals surface area contributed by atoms with Gasteiger partial charge in [-0.05, 0) is 31.2 Å². The molecule has 0 spiro atoms. The van der Waals surface area contributed by atoms with Crippen LogP contribution in [-0.4, -0.2) is 25.7 Å². The van der Waals surface area contributed by atoms with Crippen molar-refractivity contribution >= 4 is 5.91 Å². The van der Waals surface area contributed by atoms with Crippen molar-refractivity contribution in [3.63, 3.8) is 0 Å². The molecule has 7 heteroatoms. The number of amides is 1. The van der Waals surface area contributed by atoms with Crippen LogP contribution in [0, 0.1) is 0 Å². The second-order valence-electron chi connectivity index (χ2n) is 3.91. The standard InChI is InChI=1S/C13H18F2N2O3/c1-3-17-11(12(16)18)8-5-6-9(20-13(14)15)10(7-8)19-4-2/h5-7,11,13,17H,3-4H2,1-2H3,(H2,16,18). The van der Waals surface area contributed by atoms with E-state index in [4.69, 9.17) is 10.5 Å². The highest BCUT2D eigenvalue weighted by molar-refractivity contribution is 5.81. The first-order chi connectivity index (χ1) is 9.49. The average molecular weight is 288 g/mol. The number of benzene rings is 1. The number of halogens is 2. The number of carbonyl (C=O) groups is 1. The highest BCUT2D eigenvalue weighted by atomic mass is 19.3. The minimum atomic E-state index is -2.94. The average Bonchev–Trinajstić information content (AvgIpc) is 2.37. The molecular weight excluding hydrogens is 270 g/mol. The molecule has 1 rings (SSSR count). The number of hydrogen-bond donors (Lipinski definition) is 2. The predicted octanol–water partition coefficient (Wildman–Crippen LogP) is 1.82. The summed E-state index contributed by atoms with van der Waals surface area (Å²) in [5, 5.41) is 2.91. The number of alkyl halides is 2. The van der Waals surface area contributed by atoms with Crippen LogP contribution in [0.25, 0.3) is 0 Å². The molecule has 112 valence electrons. The fraction of sp³-hybridized carbons (Fsp3) is 0.462. The van der Waals surface area contributed by atoms with Crippen molar-refractivity contribution < 1.29 is 23.0 Å². The van der Waals surface area contributed by atoms with Gasteiger partial charge in [-0.2, -0.15) is 8.78 Å². The highest BCUT2D eigenvalue weighted by Gasteiger charge is 2.19. The number of rotatable bonds is 8. The SMILES string of the molecule is CCNC(C(N)=O)c1ccc(OC(F)F)c(OCC)c1. The van der Waals surface area contributed by atoms with E-state index in [1.165, 1.54) is 18.2 Å². The van der Waals surface area contributed by atoms with Crippen molar-refractivity contribution in [3.05, 3.63) is 23.8 Å². The first-order valence-electron chi connectivity index (χ1n) is 6.23. The lowest BCUT2D eigenvalue weighted by molar-refractivity contribution is -0.120. The van der Waals surface area contributed by atoms with Crippen LogP contribution in [-0.2, 0) is 4.79 Å². The molecule has 3 N–H and O–H groups in total. The molecule has 1 aromatic rings. The summed E-state index contributed by atoms with van der Waals surface area (Å²) in [6, 6.07) is 3.59. The van der Waals surface area contributed by atoms with Crippen LogP contribution < -0.4 is 20.5 Å². The van der Waals surface area contributed by atoms with Crippen molar-refractivity contribution in [1.29, 1.82) is 0 Å². The number of hydrogen-bond acceptors (Lipinski definition) is 4. The maximum absolute atomic E-state index is 12.3. The number of nitrogens with two attached hydrogens (primary N) is 1. The van der Waals surface area contributed by atoms with Gasteiger partial charge in [0.1, 0.15) is 6.04 Å². The van der Waals surface area contributed by atoms with Gasteiger partial charge in [0, 0.05) is 0 Å². The fourth-order valence-corrected chi connectivity index (χ4v) is 1.75. The maximum Gasteiger partial charge on any atom is 0.387 e. The summed E-state index contributed by atoms with van der Waals surface area (Å²) in [5.74, 6) is -0.489. The van der Waals surface area contributed by atoms with E-state index in [1.807, 2.05) is 6.92 Å². The number of carbonyl (C=O) groups excluding carboxylic acids is 1. The van der Waals surface area contributed by atoms with E-state index in [2.05, 4.69) is 10.1 Å². The molecule has 0 aliphatic carbocycles. The molecule has 1 unspecified atom stereocenters. The smallest absolute Gasteiger partial charge is 0.387 e. The Morgan fingerprint density at radius 1 is 1.35 bits per heavy atom. The minimum absolute atomic E-state index is 0.0784. The van der Waals surface area contributed by atoms with Gasteiger partial charge in [-0.1, -0.05) is 13.0 Å². The van der Waals surface area contributed by atoms with Gasteiger partial charge < -0.3 is 20.5 Å². The highest BCUT2D eigenvalue weighted by Crippen LogP contribution is 2.31. The van der Waals surface area contributed by atoms with Gasteiger partial charge >= 0.3 is 6.61 Å². The van der Waals surface area contributed by atoms with Gasteiger partial charge in [-0.3, -0.25) is 4.79 Å². The molecule has 0 bridgehead atoms. The molecule has 1 amide bonds. The van der Waals surface area contributed by atoms with E-state index in [0.717, 1.165) is 0 Å². The van der Waals surface area contributed by atoms with Crippen molar-refractivity contribution in [2.24, 2.45) is 5.73 Å². The predicted molar refractivity (Wildman–Crippen MR) is 69.9 cm³/mol. The van der Waals surface area contributed by atoms with Gasteiger partial charge in [0.05, 0.1) is 6.61 Å². The molecule has 20 heavy (non-hydrogen) atoms. The molecule has 5 nitrogen and oxygen atoms in total. The monoisotopic (exact) mass is 288 g/mol. The van der Waals surface area contributed by atoms with E-state index < -0.39 is 18.6 Å². The topological polar surface area (TPSA) is 73.6 Å². The van der Waals surface area contributed by atoms with Crippen molar-refractivity contribution in [2.45, 2.75) is 26.5 Å². The third-order valence-corrected chi connectivity index (χ3v) is 2.51. The van der Waals surface area contributed by atoms with E-state index in [9.17, 15) is 13.6 Å². The second-order valence-corrected chi connectivity index (χ2v) is 3.91. The summed E-state index contributed by atoms with van der Waals surface area (Å²) in [6.07, 6.45) is 0. The maximum atomic E-state index is 12.3. The molecule has 0 aromatic heterocycles. The number of likely N-dealkylation sites (N-methyl/N-ethyl adjacent to an activating group) is 1. The third kappa shape index (κ3) is 4.34. The van der Waals surface area contributed by atoms with Crippen LogP contribution >= 0.6 is 0 Å². The number of primary amides is 1. The zero-order valence-electron chi connectivity index (χ0n) is 11.4. The van der Waals surface area contributed by atoms with Crippen molar-refractivity contribution in [2.75, 3.05) is 13.2 Å². The van der Waals surface area contributed by atoms with E-state index in [-0.39, 0.29) is 18.1 Å². The first-order valence-corrected chi connectivity index (χ1v) is 6.23. The minimum Gasteiger partial charge on any atom is -0.490 e. The third-order valence-electron chi connectivity index (χ3n) is 2.51. The lowest BCUT2D eigenvalue weighted by Crippen LogP contribution is -2.33. The second kappa shape index (κ2) is 7.64. The summed E-state index contributed by atoms with van der Waals surface area (Å²) in [7, 11) is 0. The molecule has 0 aliphatic rings. The van der Waals surface area contributed by atoms with Gasteiger partial charge in [-0.25, -0.2) is 0 Å². The summed E-state index contributed by atoms with van der Waals surface area (Å²) < 4.78 is 34.2. The molecule has 0 saturated carbocycles. The normalized spacial score (nSPS) is 12.2. The number of nitrogens with one attached hydrogen (secondary N) is 1. The van der Waals surface area contributed by atoms with Gasteiger partial charge in [-0.15, -0.1) is 0 Å². The van der Waals surface area contributed by atoms with Gasteiger partial charge in [0.25, 0.3) is 0 Å². The van der Waals surface area contributed by atoms with Crippen LogP contribution in [0.2, 0.25) is 0 Å². The van der Waals surface area contributed by atoms with E-state index >= 15 is 0 Å². The van der Waals surface area contributed by atoms with E-state index in [0.29, 0.717) is 12.1 Å². The molecule has 0 saturated heterocycles. The lowest BCUT2D eigenvalue weighted by atomic mass is 10.1. The molecule has 1 aromatic carbocycles. The Labute approximate surface area is 116 Å². The van der Waals surface area contributed by atoms with Crippen molar-refractivity contribution in [3.8, 4) is 11.5 Å². The van der Waals surface area contributed by atoms with Crippen LogP contribution in [0.15, 0.2) is 18.2 Å². The van der Waals surface area contributed by atoms with Gasteiger partial charge in [0.15, 0.2) is 11.5 Å². The summed E-state index contributed by atoms with van der Waals surface area (Å²) in [5.41, 5.74) is 5.84. The Kier molecular flexibility index (Phi) is 6.17. The molecular formula is C13H18F2N2O3. The molecule has 1 atom stereocenters. The van der Waals surface area contributed by atoms with Crippen LogP contribution in [0.4, 0.5) is 8.78 Å². The fourth-order valence-electron chi connectivity index (χ4n) is 1.75. The Balaban J connectivity index is 3.10. The Morgan fingerprint density at radius 2 is 2.05 bits per heavy atom. The van der Waals surface area contributed by atoms with Crippen LogP contribution in [0.1, 0.15) is 25.5 Å². The van der Waals surface area contributed by atoms with Crippen LogP contribution in [0.5, 0.6) is 11.5 Å². The van der Waals surface area contributed by atoms with Crippen molar-refractivity contribution in [1.82, 2.24) is 5.32 Å². The Bertz CT molecular complexity index is 455. The van der Waals surface area contributed by atoms with Crippen LogP contribution in [0.3, 0.4) is 0 Å². The van der Waals surface area contributed by atoms with Gasteiger partial charge in [0.2, 0.25) is 5.91 Å². The number of ether oxygens (including phenoxy) is 2. The molecule has 0 aliphatic heterocycles. The summed E-state index contributed by atoms with van der Waals surface area (Å²) in [6.45, 7) is 1.42. The molecule has 0 radical (unpaired) electrons. The zero-order valence-corrected chi connectivity index (χ0v) is 11.4. The molecule has 0 heterocycles. The Hall–Kier alpha value is -1.89. The zero-order chi connectivity index (χ0) is 15.1. The Morgan fingerprint density at radius 3 is 2.55 bits per heavy atom. The van der Waals surface area contributed by atoms with E-state index in [1.54, 1.807) is 6.92 Å². The largest absolute Gasteiger partial charge is 0.490 e. The lowest BCUT2D eigenvalue weighted by Gasteiger charge is -2.17. The molecule has 0 fully saturated rings. The first kappa shape index (κ1) is 16.2. The quantitative estimate of drug-likeness (QED) is 0.765. The summed E-state index contributed by atoms with van der Waals surface area (Å²) >= 11 is 0. The summed E-state index contributed by atoms with van der Waals surface area (Å²) in [4.78, 5) is 11.4.